The predicted octanol–water partition coefficient (Wildman–Crippen LogP) is 3.57. The third-order valence-electron chi connectivity index (χ3n) is 1.84. The number of hydrogen-bond donors (Lipinski definition) is 0. The van der Waals surface area contributed by atoms with Crippen molar-refractivity contribution in [1.29, 1.82) is 0 Å². The van der Waals surface area contributed by atoms with E-state index in [-0.39, 0.29) is 5.41 Å². The molecule has 0 atom stereocenters. The average Bonchev–Trinajstić information content (AvgIpc) is 2.28. The van der Waals surface area contributed by atoms with Gasteiger partial charge < -0.3 is 0 Å². The molecular formula is C14H20NW-. The second-order valence-electron chi connectivity index (χ2n) is 4.13. The van der Waals surface area contributed by atoms with Crippen LogP contribution in [0.1, 0.15) is 45.9 Å². The van der Waals surface area contributed by atoms with E-state index in [0.717, 1.165) is 11.3 Å². The number of allylic oxidation sites excluding steroid dienone is 1. The van der Waals surface area contributed by atoms with Gasteiger partial charge in [-0.25, -0.2) is 0 Å². The zero-order valence-corrected chi connectivity index (χ0v) is 13.7. The van der Waals surface area contributed by atoms with Crippen LogP contribution in [0.2, 0.25) is 0 Å². The Balaban J connectivity index is 0.00000106. The molecule has 0 aliphatic heterocycles. The maximum absolute atomic E-state index is 4.41. The molecule has 0 radical (unpaired) electrons. The second kappa shape index (κ2) is 7.68. The van der Waals surface area contributed by atoms with Crippen LogP contribution in [-0.4, -0.2) is 9.38 Å². The molecule has 0 fully saturated rings. The molecule has 1 heterocycles. The summed E-state index contributed by atoms with van der Waals surface area (Å²) in [4.78, 5) is 4.41. The first-order valence-electron chi connectivity index (χ1n) is 5.54. The molecule has 0 N–H and O–H groups in total. The first kappa shape index (κ1) is 15.4. The molecule has 0 amide bonds. The van der Waals surface area contributed by atoms with Crippen molar-refractivity contribution in [3.05, 3.63) is 35.7 Å². The third-order valence-corrected chi connectivity index (χ3v) is 2.41. The van der Waals surface area contributed by atoms with E-state index >= 15 is 0 Å². The van der Waals surface area contributed by atoms with Crippen LogP contribution >= 0.6 is 0 Å². The molecule has 0 aliphatic rings. The van der Waals surface area contributed by atoms with Crippen LogP contribution in [0.15, 0.2) is 18.3 Å². The van der Waals surface area contributed by atoms with E-state index in [1.807, 2.05) is 38.3 Å². The van der Waals surface area contributed by atoms with Crippen LogP contribution in [0, 0.1) is 6.07 Å². The molecule has 0 spiro atoms. The molecule has 1 aromatic heterocycles. The summed E-state index contributed by atoms with van der Waals surface area (Å²) in [5.41, 5.74) is 2.23. The maximum atomic E-state index is 4.41. The summed E-state index contributed by atoms with van der Waals surface area (Å²) < 4.78 is 2.07. The van der Waals surface area contributed by atoms with Crippen molar-refractivity contribution >= 4 is 10.5 Å². The van der Waals surface area contributed by atoms with Crippen molar-refractivity contribution in [3.63, 3.8) is 0 Å². The molecule has 1 aromatic rings. The number of hydrogen-bond acceptors (Lipinski definition) is 1. The van der Waals surface area contributed by atoms with Crippen LogP contribution in [0.25, 0.3) is 6.08 Å². The van der Waals surface area contributed by atoms with Gasteiger partial charge in [0, 0.05) is 0 Å². The van der Waals surface area contributed by atoms with Crippen molar-refractivity contribution in [2.45, 2.75) is 40.0 Å². The molecule has 0 unspecified atom stereocenters. The van der Waals surface area contributed by atoms with Crippen molar-refractivity contribution in [3.8, 4) is 0 Å². The number of pyridine rings is 1. The molecule has 88 valence electrons. The Morgan fingerprint density at radius 3 is 2.31 bits per heavy atom. The Bertz CT molecular complexity index is 331. The SMILES string of the molecule is CC.CC(C)(C)c1c[c-]c(C=C[CH]=[W])cn1. The summed E-state index contributed by atoms with van der Waals surface area (Å²) in [5, 5.41) is 0. The van der Waals surface area contributed by atoms with Crippen molar-refractivity contribution in [2.75, 3.05) is 0 Å². The van der Waals surface area contributed by atoms with Crippen molar-refractivity contribution in [2.24, 2.45) is 0 Å². The Morgan fingerprint density at radius 2 is 1.94 bits per heavy atom. The van der Waals surface area contributed by atoms with Gasteiger partial charge in [-0.3, -0.25) is 0 Å². The van der Waals surface area contributed by atoms with Crippen molar-refractivity contribution in [1.82, 2.24) is 4.98 Å². The van der Waals surface area contributed by atoms with Gasteiger partial charge in [-0.1, -0.05) is 13.8 Å². The standard InChI is InChI=1S/C12H14N.C2H6.W/c1-5-6-10-7-8-11(13-9-10)12(2,3)4;1-2;/h1,5-6,8-9H,2-4H3;1-2H3;/q-1;;. The van der Waals surface area contributed by atoms with Crippen LogP contribution in [0.3, 0.4) is 0 Å². The first-order chi connectivity index (χ1) is 7.54. The number of rotatable bonds is 2. The Hall–Kier alpha value is -0.552. The Kier molecular flexibility index (Phi) is 7.41. The first-order valence-corrected chi connectivity index (χ1v) is 7.23. The quantitative estimate of drug-likeness (QED) is 0.709. The molecule has 0 saturated heterocycles. The van der Waals surface area contributed by atoms with Gasteiger partial charge >= 0.3 is 96.7 Å². The molecule has 1 rings (SSSR count). The van der Waals surface area contributed by atoms with Gasteiger partial charge in [0.05, 0.1) is 0 Å². The summed E-state index contributed by atoms with van der Waals surface area (Å²) in [6.45, 7) is 10.5. The summed E-state index contributed by atoms with van der Waals surface area (Å²) in [5.74, 6) is 0. The number of nitrogens with zero attached hydrogens (tertiary/aromatic N) is 1. The van der Waals surface area contributed by atoms with Gasteiger partial charge in [0.2, 0.25) is 0 Å². The van der Waals surface area contributed by atoms with E-state index in [2.05, 4.69) is 36.2 Å². The summed E-state index contributed by atoms with van der Waals surface area (Å²) in [6, 6.07) is 5.19. The van der Waals surface area contributed by atoms with Gasteiger partial charge in [0.25, 0.3) is 0 Å². The summed E-state index contributed by atoms with van der Waals surface area (Å²) >= 11 is 1.45. The fourth-order valence-corrected chi connectivity index (χ4v) is 1.29. The molecule has 0 bridgehead atoms. The monoisotopic (exact) mass is 386 g/mol. The van der Waals surface area contributed by atoms with Crippen LogP contribution in [0.5, 0.6) is 0 Å². The fraction of sp³-hybridized carbons (Fsp3) is 0.429. The topological polar surface area (TPSA) is 12.9 Å². The molecule has 16 heavy (non-hydrogen) atoms. The van der Waals surface area contributed by atoms with E-state index < -0.39 is 0 Å². The normalized spacial score (nSPS) is 10.8. The van der Waals surface area contributed by atoms with Gasteiger partial charge in [0.1, 0.15) is 0 Å². The average molecular weight is 386 g/mol. The van der Waals surface area contributed by atoms with E-state index in [0.29, 0.717) is 0 Å². The van der Waals surface area contributed by atoms with Gasteiger partial charge in [0.15, 0.2) is 0 Å². The summed E-state index contributed by atoms with van der Waals surface area (Å²) in [7, 11) is 0. The zero-order chi connectivity index (χ0) is 12.6. The zero-order valence-electron chi connectivity index (χ0n) is 10.7. The van der Waals surface area contributed by atoms with Crippen LogP contribution in [-0.2, 0) is 24.8 Å². The predicted molar refractivity (Wildman–Crippen MR) is 68.2 cm³/mol. The van der Waals surface area contributed by atoms with Crippen molar-refractivity contribution < 1.29 is 19.4 Å². The van der Waals surface area contributed by atoms with Gasteiger partial charge in [-0.05, 0) is 0 Å². The minimum absolute atomic E-state index is 0.111. The molecule has 0 aliphatic carbocycles. The van der Waals surface area contributed by atoms with E-state index in [9.17, 15) is 0 Å². The molecule has 1 nitrogen and oxygen atoms in total. The van der Waals surface area contributed by atoms with E-state index in [1.54, 1.807) is 0 Å². The van der Waals surface area contributed by atoms with E-state index in [1.165, 1.54) is 19.4 Å². The van der Waals surface area contributed by atoms with Gasteiger partial charge in [-0.2, -0.15) is 0 Å². The summed E-state index contributed by atoms with van der Waals surface area (Å²) in [6.07, 6.45) is 5.92. The molecule has 0 aromatic carbocycles. The van der Waals surface area contributed by atoms with E-state index in [4.69, 9.17) is 0 Å². The number of aromatic nitrogens is 1. The Labute approximate surface area is 110 Å². The Morgan fingerprint density at radius 1 is 1.31 bits per heavy atom. The van der Waals surface area contributed by atoms with Crippen LogP contribution < -0.4 is 0 Å². The third kappa shape index (κ3) is 5.51. The molecular weight excluding hydrogens is 366 g/mol. The van der Waals surface area contributed by atoms with Crippen LogP contribution in [0.4, 0.5) is 0 Å². The minimum atomic E-state index is 0.111. The molecule has 2 heteroatoms. The van der Waals surface area contributed by atoms with Gasteiger partial charge in [-0.15, -0.1) is 0 Å². The second-order valence-corrected chi connectivity index (χ2v) is 5.11. The fourth-order valence-electron chi connectivity index (χ4n) is 1.01. The molecule has 0 saturated carbocycles.